The number of carbonyl (C=O) groups excluding carboxylic acids is 3. The van der Waals surface area contributed by atoms with Crippen molar-refractivity contribution < 1.29 is 31.9 Å². The first-order chi connectivity index (χ1) is 14.2. The van der Waals surface area contributed by atoms with E-state index in [4.69, 9.17) is 5.26 Å². The molecule has 0 aliphatic carbocycles. The van der Waals surface area contributed by atoms with Gasteiger partial charge in [0.05, 0.1) is 5.56 Å². The van der Waals surface area contributed by atoms with Crippen LogP contribution in [0.2, 0.25) is 0 Å². The minimum absolute atomic E-state index is 0.0773. The summed E-state index contributed by atoms with van der Waals surface area (Å²) < 4.78 is 53.6. The van der Waals surface area contributed by atoms with E-state index in [0.717, 1.165) is 18.2 Å². The molecule has 0 radical (unpaired) electrons. The van der Waals surface area contributed by atoms with Crippen LogP contribution in [0.25, 0.3) is 0 Å². The zero-order chi connectivity index (χ0) is 23.7. The van der Waals surface area contributed by atoms with Crippen LogP contribution < -0.4 is 10.6 Å². The number of carbonyl (C=O) groups is 3. The number of nitriles is 1. The molecule has 0 aliphatic rings. The van der Waals surface area contributed by atoms with Crippen LogP contribution in [-0.4, -0.2) is 33.9 Å². The molecule has 2 amide bonds. The third kappa shape index (κ3) is 4.74. The normalized spacial score (nSPS) is 11.6. The number of alkyl halides is 3. The van der Waals surface area contributed by atoms with E-state index in [-0.39, 0.29) is 28.2 Å². The van der Waals surface area contributed by atoms with Gasteiger partial charge in [-0.3, -0.25) is 14.4 Å². The van der Waals surface area contributed by atoms with Crippen LogP contribution in [-0.2, 0) is 11.8 Å². The Balaban J connectivity index is 2.28. The van der Waals surface area contributed by atoms with E-state index >= 15 is 0 Å². The number of aromatic nitrogens is 1. The average Bonchev–Trinajstić information content (AvgIpc) is 2.96. The molecule has 2 N–H and O–H groups in total. The molecular weight excluding hydrogens is 420 g/mol. The Bertz CT molecular complexity index is 1110. The molecule has 0 aliphatic heterocycles. The maximum atomic E-state index is 13.4. The summed E-state index contributed by atoms with van der Waals surface area (Å²) >= 11 is 0. The van der Waals surface area contributed by atoms with Gasteiger partial charge in [-0.25, -0.2) is 4.39 Å². The van der Waals surface area contributed by atoms with E-state index in [1.165, 1.54) is 24.6 Å². The third-order valence-corrected chi connectivity index (χ3v) is 4.70. The van der Waals surface area contributed by atoms with Gasteiger partial charge in [0.25, 0.3) is 17.6 Å². The van der Waals surface area contributed by atoms with Crippen LogP contribution in [0.5, 0.6) is 0 Å². The van der Waals surface area contributed by atoms with Crippen LogP contribution in [0, 0.1) is 24.1 Å². The molecule has 1 aromatic heterocycles. The molecule has 0 atom stereocenters. The van der Waals surface area contributed by atoms with Crippen LogP contribution in [0.3, 0.4) is 0 Å². The van der Waals surface area contributed by atoms with Crippen LogP contribution >= 0.6 is 0 Å². The van der Waals surface area contributed by atoms with Gasteiger partial charge in [-0.1, -0.05) is 0 Å². The molecule has 11 heteroatoms. The third-order valence-electron chi connectivity index (χ3n) is 4.70. The highest BCUT2D eigenvalue weighted by Crippen LogP contribution is 2.29. The minimum Gasteiger partial charge on any atom is -0.343 e. The number of hydrogen-bond donors (Lipinski definition) is 2. The van der Waals surface area contributed by atoms with Crippen molar-refractivity contribution in [2.24, 2.45) is 7.05 Å². The van der Waals surface area contributed by atoms with Gasteiger partial charge in [0.2, 0.25) is 0 Å². The molecule has 0 fully saturated rings. The molecule has 0 saturated carbocycles. The van der Waals surface area contributed by atoms with Crippen molar-refractivity contribution in [2.45, 2.75) is 32.5 Å². The van der Waals surface area contributed by atoms with Gasteiger partial charge in [-0.15, -0.1) is 0 Å². The van der Waals surface area contributed by atoms with Crippen LogP contribution in [0.15, 0.2) is 24.3 Å². The maximum Gasteiger partial charge on any atom is 0.410 e. The summed E-state index contributed by atoms with van der Waals surface area (Å²) in [6.45, 7) is 2.85. The smallest absolute Gasteiger partial charge is 0.343 e. The number of Topliss-reactive ketones (excluding diaryl/α,β-unsaturated/α-hetero) is 1. The van der Waals surface area contributed by atoms with Crippen molar-refractivity contribution in [2.75, 3.05) is 5.32 Å². The summed E-state index contributed by atoms with van der Waals surface area (Å²) in [5, 5.41) is 12.9. The molecule has 1 aromatic carbocycles. The van der Waals surface area contributed by atoms with Crippen LogP contribution in [0.4, 0.5) is 23.2 Å². The van der Waals surface area contributed by atoms with Gasteiger partial charge >= 0.3 is 6.18 Å². The summed E-state index contributed by atoms with van der Waals surface area (Å²) in [5.41, 5.74) is -2.97. The van der Waals surface area contributed by atoms with Crippen molar-refractivity contribution in [3.63, 3.8) is 0 Å². The second-order valence-corrected chi connectivity index (χ2v) is 7.25. The van der Waals surface area contributed by atoms with Crippen molar-refractivity contribution in [1.82, 2.24) is 9.88 Å². The monoisotopic (exact) mass is 438 g/mol. The number of rotatable bonds is 5. The lowest BCUT2D eigenvalue weighted by atomic mass is 10.0. The fourth-order valence-electron chi connectivity index (χ4n) is 2.56. The number of amides is 2. The summed E-state index contributed by atoms with van der Waals surface area (Å²) in [5.74, 6) is -4.22. The molecule has 0 spiro atoms. The number of nitrogens with zero attached hydrogens (tertiary/aromatic N) is 2. The van der Waals surface area contributed by atoms with Crippen molar-refractivity contribution >= 4 is 23.3 Å². The van der Waals surface area contributed by atoms with E-state index in [1.54, 1.807) is 11.4 Å². The Morgan fingerprint density at radius 2 is 1.74 bits per heavy atom. The van der Waals surface area contributed by atoms with Gasteiger partial charge in [-0.2, -0.15) is 18.4 Å². The second kappa shape index (κ2) is 8.22. The highest BCUT2D eigenvalue weighted by molar-refractivity contribution is 6.43. The molecule has 31 heavy (non-hydrogen) atoms. The topological polar surface area (TPSA) is 104 Å². The molecule has 2 rings (SSSR count). The van der Waals surface area contributed by atoms with E-state index in [1.807, 2.05) is 0 Å². The van der Waals surface area contributed by atoms with Crippen molar-refractivity contribution in [3.8, 4) is 6.07 Å². The van der Waals surface area contributed by atoms with Gasteiger partial charge in [0.1, 0.15) is 23.1 Å². The molecule has 7 nitrogen and oxygen atoms in total. The molecule has 0 unspecified atom stereocenters. The largest absolute Gasteiger partial charge is 0.410 e. The first-order valence-corrected chi connectivity index (χ1v) is 8.80. The quantitative estimate of drug-likeness (QED) is 0.425. The Labute approximate surface area is 174 Å². The summed E-state index contributed by atoms with van der Waals surface area (Å²) in [4.78, 5) is 37.1. The van der Waals surface area contributed by atoms with Gasteiger partial charge in [0.15, 0.2) is 0 Å². The lowest BCUT2D eigenvalue weighted by molar-refractivity contribution is -0.187. The number of benzene rings is 1. The van der Waals surface area contributed by atoms with E-state index in [0.29, 0.717) is 13.8 Å². The predicted molar refractivity (Wildman–Crippen MR) is 102 cm³/mol. The summed E-state index contributed by atoms with van der Waals surface area (Å²) in [6, 6.07) is 6.03. The lowest BCUT2D eigenvalue weighted by Gasteiger charge is -2.28. The molecule has 0 bridgehead atoms. The van der Waals surface area contributed by atoms with Gasteiger partial charge in [-0.05, 0) is 45.0 Å². The second-order valence-electron chi connectivity index (χ2n) is 7.25. The molecule has 1 heterocycles. The standard InChI is InChI=1S/C20H18F4N4O3/c1-10-13(16(29)18(31)27-19(2,3)20(22,23)24)8-15(28(10)4)17(30)26-12-5-6-14(21)11(7-12)9-25/h5-8H,1-4H3,(H,26,30)(H,27,31). The highest BCUT2D eigenvalue weighted by Gasteiger charge is 2.49. The Hall–Kier alpha value is -3.68. The SMILES string of the molecule is Cc1c(C(=O)C(=O)NC(C)(C)C(F)(F)F)cc(C(=O)Nc2ccc(F)c(C#N)c2)n1C. The van der Waals surface area contributed by atoms with E-state index < -0.39 is 35.1 Å². The first-order valence-electron chi connectivity index (χ1n) is 8.80. The van der Waals surface area contributed by atoms with Gasteiger partial charge in [0, 0.05) is 24.0 Å². The highest BCUT2D eigenvalue weighted by atomic mass is 19.4. The van der Waals surface area contributed by atoms with E-state index in [9.17, 15) is 31.9 Å². The van der Waals surface area contributed by atoms with Crippen molar-refractivity contribution in [3.05, 3.63) is 52.6 Å². The van der Waals surface area contributed by atoms with E-state index in [2.05, 4.69) is 5.32 Å². The van der Waals surface area contributed by atoms with Crippen LogP contribution in [0.1, 0.15) is 46.0 Å². The summed E-state index contributed by atoms with van der Waals surface area (Å²) in [6.07, 6.45) is -4.78. The molecular formula is C20H18F4N4O3. The Morgan fingerprint density at radius 3 is 2.29 bits per heavy atom. The zero-order valence-corrected chi connectivity index (χ0v) is 16.9. The Kier molecular flexibility index (Phi) is 6.25. The first kappa shape index (κ1) is 23.6. The number of ketones is 1. The fourth-order valence-corrected chi connectivity index (χ4v) is 2.56. The predicted octanol–water partition coefficient (Wildman–Crippen LogP) is 3.24. The number of halogens is 4. The zero-order valence-electron chi connectivity index (χ0n) is 16.9. The Morgan fingerprint density at radius 1 is 1.13 bits per heavy atom. The molecule has 0 saturated heterocycles. The average molecular weight is 438 g/mol. The summed E-state index contributed by atoms with van der Waals surface area (Å²) in [7, 11) is 1.42. The minimum atomic E-state index is -4.78. The maximum absolute atomic E-state index is 13.4. The van der Waals surface area contributed by atoms with Crippen molar-refractivity contribution in [1.29, 1.82) is 5.26 Å². The molecule has 2 aromatic rings. The number of hydrogen-bond acceptors (Lipinski definition) is 4. The lowest BCUT2D eigenvalue weighted by Crippen LogP contribution is -2.55. The molecule has 164 valence electrons. The fraction of sp³-hybridized carbons (Fsp3) is 0.300. The van der Waals surface area contributed by atoms with Gasteiger partial charge < -0.3 is 15.2 Å². The number of anilines is 1. The number of nitrogens with one attached hydrogen (secondary N) is 2.